The van der Waals surface area contributed by atoms with Gasteiger partial charge in [0.1, 0.15) is 11.6 Å². The molecule has 174 valence electrons. The molecular weight excluding hydrogens is 447 g/mol. The highest BCUT2D eigenvalue weighted by Gasteiger charge is 2.30. The molecule has 0 bridgehead atoms. The molecule has 2 aromatic carbocycles. The molecule has 4 rings (SSSR count). The van der Waals surface area contributed by atoms with Gasteiger partial charge in [-0.05, 0) is 75.4 Å². The molecule has 0 aliphatic heterocycles. The summed E-state index contributed by atoms with van der Waals surface area (Å²) >= 11 is 0. The molecule has 0 atom stereocenters. The van der Waals surface area contributed by atoms with Gasteiger partial charge in [-0.15, -0.1) is 0 Å². The van der Waals surface area contributed by atoms with E-state index in [0.29, 0.717) is 29.0 Å². The zero-order valence-electron chi connectivity index (χ0n) is 18.5. The van der Waals surface area contributed by atoms with Crippen LogP contribution in [-0.2, 0) is 6.18 Å². The zero-order chi connectivity index (χ0) is 24.5. The number of rotatable bonds is 5. The Morgan fingerprint density at radius 1 is 0.941 bits per heavy atom. The smallest absolute Gasteiger partial charge is 0.416 e. The number of hydrogen-bond acceptors (Lipinski definition) is 5. The van der Waals surface area contributed by atoms with Gasteiger partial charge in [0, 0.05) is 23.0 Å². The first kappa shape index (κ1) is 23.0. The van der Waals surface area contributed by atoms with Crippen molar-refractivity contribution in [2.45, 2.75) is 26.9 Å². The van der Waals surface area contributed by atoms with E-state index in [9.17, 15) is 18.0 Å². The summed E-state index contributed by atoms with van der Waals surface area (Å²) in [5, 5.41) is 7.07. The van der Waals surface area contributed by atoms with Crippen molar-refractivity contribution < 1.29 is 22.7 Å². The summed E-state index contributed by atoms with van der Waals surface area (Å²) < 4.78 is 45.6. The van der Waals surface area contributed by atoms with Crippen molar-refractivity contribution >= 4 is 11.6 Å². The van der Waals surface area contributed by atoms with Crippen molar-refractivity contribution in [3.8, 4) is 17.4 Å². The molecule has 10 heteroatoms. The Bertz CT molecular complexity index is 1330. The van der Waals surface area contributed by atoms with Crippen molar-refractivity contribution in [1.82, 2.24) is 19.7 Å². The largest absolute Gasteiger partial charge is 0.439 e. The van der Waals surface area contributed by atoms with Crippen LogP contribution in [0.25, 0.3) is 5.82 Å². The number of hydrogen-bond donors (Lipinski definition) is 1. The number of ether oxygens (including phenoxy) is 1. The number of carbonyl (C=O) groups is 1. The van der Waals surface area contributed by atoms with Crippen LogP contribution in [0.3, 0.4) is 0 Å². The third-order valence-corrected chi connectivity index (χ3v) is 4.84. The van der Waals surface area contributed by atoms with E-state index in [1.54, 1.807) is 41.9 Å². The van der Waals surface area contributed by atoms with E-state index in [-0.39, 0.29) is 5.56 Å². The molecule has 0 fully saturated rings. The number of nitrogens with one attached hydrogen (secondary N) is 1. The van der Waals surface area contributed by atoms with Crippen LogP contribution in [0.2, 0.25) is 0 Å². The minimum atomic E-state index is -4.45. The SMILES string of the molecule is Cc1cc(C)n(-c2cc(Oc3ccc(NC(=O)c4ccc(C(F)(F)F)cc4)cc3)nc(C)n2)n1. The maximum absolute atomic E-state index is 12.7. The minimum Gasteiger partial charge on any atom is -0.439 e. The van der Waals surface area contributed by atoms with E-state index in [4.69, 9.17) is 4.74 Å². The lowest BCUT2D eigenvalue weighted by Crippen LogP contribution is -2.12. The van der Waals surface area contributed by atoms with Crippen LogP contribution in [0.1, 0.15) is 33.1 Å². The first-order valence-electron chi connectivity index (χ1n) is 10.2. The Kier molecular flexibility index (Phi) is 6.06. The summed E-state index contributed by atoms with van der Waals surface area (Å²) in [6.07, 6.45) is -4.45. The summed E-state index contributed by atoms with van der Waals surface area (Å²) in [6.45, 7) is 5.57. The number of benzene rings is 2. The molecule has 0 spiro atoms. The molecule has 0 saturated heterocycles. The van der Waals surface area contributed by atoms with Crippen molar-refractivity contribution in [3.63, 3.8) is 0 Å². The first-order chi connectivity index (χ1) is 16.1. The average Bonchev–Trinajstić information content (AvgIpc) is 3.12. The number of aryl methyl sites for hydroxylation is 3. The number of amides is 1. The number of halogens is 3. The van der Waals surface area contributed by atoms with E-state index in [2.05, 4.69) is 20.4 Å². The summed E-state index contributed by atoms with van der Waals surface area (Å²) in [5.41, 5.74) is 1.55. The van der Waals surface area contributed by atoms with Crippen molar-refractivity contribution in [2.75, 3.05) is 5.32 Å². The quantitative estimate of drug-likeness (QED) is 0.410. The van der Waals surface area contributed by atoms with Gasteiger partial charge in [-0.3, -0.25) is 4.79 Å². The van der Waals surface area contributed by atoms with E-state index < -0.39 is 17.6 Å². The first-order valence-corrected chi connectivity index (χ1v) is 10.2. The van der Waals surface area contributed by atoms with E-state index in [0.717, 1.165) is 35.7 Å². The van der Waals surface area contributed by atoms with Crippen LogP contribution in [0.5, 0.6) is 11.6 Å². The van der Waals surface area contributed by atoms with Crippen molar-refractivity contribution in [2.24, 2.45) is 0 Å². The van der Waals surface area contributed by atoms with Gasteiger partial charge >= 0.3 is 6.18 Å². The molecule has 2 aromatic heterocycles. The Balaban J connectivity index is 1.45. The lowest BCUT2D eigenvalue weighted by Gasteiger charge is -2.10. The second-order valence-electron chi connectivity index (χ2n) is 7.61. The van der Waals surface area contributed by atoms with Crippen LogP contribution in [0.4, 0.5) is 18.9 Å². The van der Waals surface area contributed by atoms with Gasteiger partial charge in [0.05, 0.1) is 11.3 Å². The fourth-order valence-electron chi connectivity index (χ4n) is 3.29. The van der Waals surface area contributed by atoms with E-state index in [1.165, 1.54) is 0 Å². The molecule has 0 saturated carbocycles. The van der Waals surface area contributed by atoms with Gasteiger partial charge in [-0.1, -0.05) is 0 Å². The molecule has 1 amide bonds. The monoisotopic (exact) mass is 467 g/mol. The molecule has 2 heterocycles. The second kappa shape index (κ2) is 8.97. The Morgan fingerprint density at radius 3 is 2.21 bits per heavy atom. The van der Waals surface area contributed by atoms with Crippen LogP contribution in [-0.4, -0.2) is 25.7 Å². The number of aromatic nitrogens is 4. The molecule has 0 aliphatic carbocycles. The second-order valence-corrected chi connectivity index (χ2v) is 7.61. The normalized spacial score (nSPS) is 11.4. The average molecular weight is 467 g/mol. The van der Waals surface area contributed by atoms with Crippen LogP contribution in [0, 0.1) is 20.8 Å². The van der Waals surface area contributed by atoms with Crippen molar-refractivity contribution in [3.05, 3.63) is 89.0 Å². The Hall–Kier alpha value is -4.21. The predicted octanol–water partition coefficient (Wildman–Crippen LogP) is 5.65. The van der Waals surface area contributed by atoms with Gasteiger partial charge in [0.15, 0.2) is 5.82 Å². The number of nitrogens with zero attached hydrogens (tertiary/aromatic N) is 4. The summed E-state index contributed by atoms with van der Waals surface area (Å²) in [6, 6.07) is 14.1. The summed E-state index contributed by atoms with van der Waals surface area (Å²) in [7, 11) is 0. The molecule has 0 radical (unpaired) electrons. The Morgan fingerprint density at radius 2 is 1.62 bits per heavy atom. The maximum Gasteiger partial charge on any atom is 0.416 e. The van der Waals surface area contributed by atoms with Gasteiger partial charge in [-0.25, -0.2) is 9.67 Å². The highest BCUT2D eigenvalue weighted by atomic mass is 19.4. The van der Waals surface area contributed by atoms with Gasteiger partial charge in [0.2, 0.25) is 5.88 Å². The van der Waals surface area contributed by atoms with Crippen LogP contribution >= 0.6 is 0 Å². The Labute approximate surface area is 193 Å². The van der Waals surface area contributed by atoms with Crippen LogP contribution < -0.4 is 10.1 Å². The van der Waals surface area contributed by atoms with E-state index >= 15 is 0 Å². The lowest BCUT2D eigenvalue weighted by atomic mass is 10.1. The topological polar surface area (TPSA) is 81.9 Å². The predicted molar refractivity (Wildman–Crippen MR) is 119 cm³/mol. The summed E-state index contributed by atoms with van der Waals surface area (Å²) in [4.78, 5) is 21.1. The molecular formula is C24H20F3N5O2. The molecule has 7 nitrogen and oxygen atoms in total. The number of carbonyl (C=O) groups excluding carboxylic acids is 1. The number of anilines is 1. The van der Waals surface area contributed by atoms with Gasteiger partial charge in [0.25, 0.3) is 5.91 Å². The van der Waals surface area contributed by atoms with E-state index in [1.807, 2.05) is 19.9 Å². The van der Waals surface area contributed by atoms with Gasteiger partial charge < -0.3 is 10.1 Å². The molecule has 34 heavy (non-hydrogen) atoms. The zero-order valence-corrected chi connectivity index (χ0v) is 18.5. The number of alkyl halides is 3. The maximum atomic E-state index is 12.7. The molecule has 1 N–H and O–H groups in total. The fourth-order valence-corrected chi connectivity index (χ4v) is 3.29. The fraction of sp³-hybridized carbons (Fsp3) is 0.167. The molecule has 4 aromatic rings. The summed E-state index contributed by atoms with van der Waals surface area (Å²) in [5.74, 6) is 1.37. The third kappa shape index (κ3) is 5.22. The standard InChI is InChI=1S/C24H20F3N5O2/c1-14-12-15(2)32(31-14)21-13-22(29-16(3)28-21)34-20-10-8-19(9-11-20)30-23(33)17-4-6-18(7-5-17)24(25,26)27/h4-13H,1-3H3,(H,30,33). The minimum absolute atomic E-state index is 0.112. The van der Waals surface area contributed by atoms with Crippen molar-refractivity contribution in [1.29, 1.82) is 0 Å². The van der Waals surface area contributed by atoms with Crippen LogP contribution in [0.15, 0.2) is 60.7 Å². The highest BCUT2D eigenvalue weighted by molar-refractivity contribution is 6.04. The van der Waals surface area contributed by atoms with Gasteiger partial charge in [-0.2, -0.15) is 23.3 Å². The lowest BCUT2D eigenvalue weighted by molar-refractivity contribution is -0.137. The molecule has 0 unspecified atom stereocenters. The highest BCUT2D eigenvalue weighted by Crippen LogP contribution is 2.29. The third-order valence-electron chi connectivity index (χ3n) is 4.84. The molecule has 0 aliphatic rings.